The summed E-state index contributed by atoms with van der Waals surface area (Å²) in [6.45, 7) is 7.18. The molecule has 1 amide bonds. The van der Waals surface area contributed by atoms with Crippen LogP contribution >= 0.6 is 0 Å². The van der Waals surface area contributed by atoms with E-state index < -0.39 is 11.6 Å². The highest BCUT2D eigenvalue weighted by atomic mass is 16.6. The van der Waals surface area contributed by atoms with E-state index in [-0.39, 0.29) is 11.5 Å². The fraction of sp³-hybridized carbons (Fsp3) is 0.889. The minimum absolute atomic E-state index is 0.0278. The van der Waals surface area contributed by atoms with Gasteiger partial charge in [0.05, 0.1) is 6.42 Å². The first kappa shape index (κ1) is 18.1. The van der Waals surface area contributed by atoms with Crippen LogP contribution in [0.5, 0.6) is 0 Å². The summed E-state index contributed by atoms with van der Waals surface area (Å²) in [6.07, 6.45) is 7.46. The first-order valence-corrected chi connectivity index (χ1v) is 8.89. The number of hydrogen-bond donors (Lipinski definition) is 1. The fourth-order valence-electron chi connectivity index (χ4n) is 3.82. The molecule has 132 valence electrons. The first-order chi connectivity index (χ1) is 10.7. The van der Waals surface area contributed by atoms with Gasteiger partial charge >= 0.3 is 12.1 Å². The molecule has 2 rings (SSSR count). The van der Waals surface area contributed by atoms with Gasteiger partial charge in [-0.3, -0.25) is 4.79 Å². The predicted octanol–water partition coefficient (Wildman–Crippen LogP) is 4.06. The third kappa shape index (κ3) is 5.40. The molecule has 0 bridgehead atoms. The van der Waals surface area contributed by atoms with Crippen molar-refractivity contribution in [2.75, 3.05) is 13.1 Å². The molecular formula is C18H31NO4. The molecule has 1 saturated heterocycles. The highest BCUT2D eigenvalue weighted by Gasteiger charge is 2.39. The Morgan fingerprint density at radius 3 is 2.48 bits per heavy atom. The van der Waals surface area contributed by atoms with E-state index in [2.05, 4.69) is 0 Å². The second-order valence-corrected chi connectivity index (χ2v) is 8.40. The van der Waals surface area contributed by atoms with Crippen molar-refractivity contribution in [3.8, 4) is 0 Å². The van der Waals surface area contributed by atoms with Gasteiger partial charge in [-0.05, 0) is 70.6 Å². The van der Waals surface area contributed by atoms with Crippen LogP contribution in [0.2, 0.25) is 0 Å². The molecule has 1 aliphatic heterocycles. The highest BCUT2D eigenvalue weighted by Crippen LogP contribution is 2.48. The lowest BCUT2D eigenvalue weighted by Crippen LogP contribution is -2.43. The molecule has 0 aromatic rings. The van der Waals surface area contributed by atoms with Gasteiger partial charge in [0.25, 0.3) is 0 Å². The van der Waals surface area contributed by atoms with Gasteiger partial charge in [-0.1, -0.05) is 6.42 Å². The van der Waals surface area contributed by atoms with Crippen LogP contribution in [0.25, 0.3) is 0 Å². The minimum Gasteiger partial charge on any atom is -0.481 e. The average Bonchev–Trinajstić information content (AvgIpc) is 2.40. The Hall–Kier alpha value is -1.26. The van der Waals surface area contributed by atoms with Crippen LogP contribution in [0, 0.1) is 11.3 Å². The lowest BCUT2D eigenvalue weighted by Gasteiger charge is -2.42. The maximum Gasteiger partial charge on any atom is 0.410 e. The number of carboxylic acid groups (broad SMARTS) is 1. The monoisotopic (exact) mass is 325 g/mol. The van der Waals surface area contributed by atoms with Crippen LogP contribution < -0.4 is 0 Å². The van der Waals surface area contributed by atoms with Gasteiger partial charge in [0.15, 0.2) is 0 Å². The largest absolute Gasteiger partial charge is 0.481 e. The number of piperidine rings is 1. The summed E-state index contributed by atoms with van der Waals surface area (Å²) in [5.74, 6) is -0.203. The number of hydrogen-bond acceptors (Lipinski definition) is 3. The van der Waals surface area contributed by atoms with Gasteiger partial charge < -0.3 is 14.7 Å². The molecule has 1 N–H and O–H groups in total. The van der Waals surface area contributed by atoms with Gasteiger partial charge in [0, 0.05) is 13.1 Å². The number of nitrogens with zero attached hydrogens (tertiary/aromatic N) is 1. The molecule has 2 aliphatic rings. The van der Waals surface area contributed by atoms with Gasteiger partial charge in [-0.15, -0.1) is 0 Å². The molecule has 0 aromatic carbocycles. The van der Waals surface area contributed by atoms with E-state index in [0.717, 1.165) is 58.0 Å². The molecule has 1 saturated carbocycles. The van der Waals surface area contributed by atoms with E-state index in [4.69, 9.17) is 9.84 Å². The fourth-order valence-corrected chi connectivity index (χ4v) is 3.82. The number of ether oxygens (including phenoxy) is 1. The smallest absolute Gasteiger partial charge is 0.410 e. The maximum absolute atomic E-state index is 12.2. The van der Waals surface area contributed by atoms with E-state index in [1.165, 1.54) is 0 Å². The third-order valence-electron chi connectivity index (χ3n) is 5.19. The highest BCUT2D eigenvalue weighted by molar-refractivity contribution is 5.68. The molecule has 0 aromatic heterocycles. The summed E-state index contributed by atoms with van der Waals surface area (Å²) in [5, 5.41) is 9.10. The van der Waals surface area contributed by atoms with Crippen molar-refractivity contribution < 1.29 is 19.4 Å². The number of carbonyl (C=O) groups excluding carboxylic acids is 1. The third-order valence-corrected chi connectivity index (χ3v) is 5.19. The molecule has 23 heavy (non-hydrogen) atoms. The zero-order valence-corrected chi connectivity index (χ0v) is 14.8. The normalized spacial score (nSPS) is 24.0. The van der Waals surface area contributed by atoms with Crippen LogP contribution in [0.15, 0.2) is 0 Å². The van der Waals surface area contributed by atoms with Crippen molar-refractivity contribution in [2.24, 2.45) is 11.3 Å². The van der Waals surface area contributed by atoms with Crippen molar-refractivity contribution in [3.63, 3.8) is 0 Å². The molecule has 1 unspecified atom stereocenters. The molecule has 2 fully saturated rings. The standard InChI is InChI=1S/C18H31NO4/c1-17(2,3)23-16(22)19-11-4-6-14(13-19)7-10-18(8-5-9-18)12-15(20)21/h14H,4-13H2,1-3H3,(H,20,21). The summed E-state index contributed by atoms with van der Waals surface area (Å²) in [5.41, 5.74) is -0.429. The molecule has 5 heteroatoms. The molecule has 0 spiro atoms. The van der Waals surface area contributed by atoms with Crippen molar-refractivity contribution in [1.29, 1.82) is 0 Å². The molecule has 0 radical (unpaired) electrons. The predicted molar refractivity (Wildman–Crippen MR) is 88.3 cm³/mol. The molecular weight excluding hydrogens is 294 g/mol. The van der Waals surface area contributed by atoms with E-state index >= 15 is 0 Å². The number of likely N-dealkylation sites (tertiary alicyclic amines) is 1. The Labute approximate surface area is 139 Å². The van der Waals surface area contributed by atoms with Gasteiger partial charge in [0.2, 0.25) is 0 Å². The summed E-state index contributed by atoms with van der Waals surface area (Å²) < 4.78 is 5.47. The van der Waals surface area contributed by atoms with Gasteiger partial charge in [-0.25, -0.2) is 4.79 Å². The van der Waals surface area contributed by atoms with E-state index in [1.54, 1.807) is 0 Å². The van der Waals surface area contributed by atoms with Crippen LogP contribution in [0.1, 0.15) is 72.1 Å². The Morgan fingerprint density at radius 1 is 1.26 bits per heavy atom. The van der Waals surface area contributed by atoms with E-state index in [0.29, 0.717) is 12.3 Å². The molecule has 5 nitrogen and oxygen atoms in total. The lowest BCUT2D eigenvalue weighted by molar-refractivity contribution is -0.141. The zero-order chi connectivity index (χ0) is 17.1. The average molecular weight is 325 g/mol. The van der Waals surface area contributed by atoms with Crippen molar-refractivity contribution in [1.82, 2.24) is 4.90 Å². The second kappa shape index (κ2) is 7.10. The van der Waals surface area contributed by atoms with Crippen LogP contribution in [-0.4, -0.2) is 40.8 Å². The first-order valence-electron chi connectivity index (χ1n) is 8.89. The summed E-state index contributed by atoms with van der Waals surface area (Å²) >= 11 is 0. The van der Waals surface area contributed by atoms with Crippen molar-refractivity contribution in [2.45, 2.75) is 77.7 Å². The van der Waals surface area contributed by atoms with Crippen LogP contribution in [-0.2, 0) is 9.53 Å². The van der Waals surface area contributed by atoms with Gasteiger partial charge in [-0.2, -0.15) is 0 Å². The number of carbonyl (C=O) groups is 2. The molecule has 1 heterocycles. The minimum atomic E-state index is -0.677. The number of aliphatic carboxylic acids is 1. The Kier molecular flexibility index (Phi) is 5.58. The second-order valence-electron chi connectivity index (χ2n) is 8.40. The zero-order valence-electron chi connectivity index (χ0n) is 14.8. The number of amides is 1. The topological polar surface area (TPSA) is 66.8 Å². The number of rotatable bonds is 5. The Bertz CT molecular complexity index is 437. The van der Waals surface area contributed by atoms with Gasteiger partial charge in [0.1, 0.15) is 5.60 Å². The van der Waals surface area contributed by atoms with E-state index in [1.807, 2.05) is 25.7 Å². The lowest BCUT2D eigenvalue weighted by atomic mass is 9.63. The Morgan fingerprint density at radius 2 is 1.96 bits per heavy atom. The molecule has 1 aliphatic carbocycles. The Balaban J connectivity index is 1.82. The summed E-state index contributed by atoms with van der Waals surface area (Å²) in [6, 6.07) is 0. The van der Waals surface area contributed by atoms with Crippen LogP contribution in [0.4, 0.5) is 4.79 Å². The van der Waals surface area contributed by atoms with Crippen LogP contribution in [0.3, 0.4) is 0 Å². The van der Waals surface area contributed by atoms with E-state index in [9.17, 15) is 9.59 Å². The quantitative estimate of drug-likeness (QED) is 0.828. The van der Waals surface area contributed by atoms with Crippen molar-refractivity contribution in [3.05, 3.63) is 0 Å². The van der Waals surface area contributed by atoms with Crippen molar-refractivity contribution >= 4 is 12.1 Å². The summed E-state index contributed by atoms with van der Waals surface area (Å²) in [7, 11) is 0. The summed E-state index contributed by atoms with van der Waals surface area (Å²) in [4.78, 5) is 25.1. The SMILES string of the molecule is CC(C)(C)OC(=O)N1CCCC(CCC2(CC(=O)O)CCC2)C1. The number of carboxylic acids is 1. The molecule has 1 atom stereocenters. The maximum atomic E-state index is 12.2.